The van der Waals surface area contributed by atoms with Crippen molar-refractivity contribution in [3.05, 3.63) is 36.5 Å². The average molecular weight is 441 g/mol. The van der Waals surface area contributed by atoms with Gasteiger partial charge in [0.2, 0.25) is 0 Å². The van der Waals surface area contributed by atoms with Crippen LogP contribution in [0.5, 0.6) is 0 Å². The van der Waals surface area contributed by atoms with E-state index in [-0.39, 0.29) is 6.61 Å². The number of ether oxygens (including phenoxy) is 1. The molecule has 0 radical (unpaired) electrons. The molecule has 0 aliphatic rings. The minimum Gasteiger partial charge on any atom is -0.395 e. The van der Waals surface area contributed by atoms with Gasteiger partial charge in [0.25, 0.3) is 0 Å². The second-order valence-corrected chi connectivity index (χ2v) is 15.1. The van der Waals surface area contributed by atoms with E-state index in [1.807, 2.05) is 29.2 Å². The molecule has 0 fully saturated rings. The van der Waals surface area contributed by atoms with Gasteiger partial charge in [0.05, 0.1) is 24.5 Å². The van der Waals surface area contributed by atoms with Crippen molar-refractivity contribution in [1.82, 2.24) is 19.3 Å². The number of nitrogens with zero attached hydrogens (tertiary/aromatic N) is 4. The summed E-state index contributed by atoms with van der Waals surface area (Å²) in [6.45, 7) is 12.0. The number of aromatic nitrogens is 4. The zero-order valence-corrected chi connectivity index (χ0v) is 20.0. The Hall–Kier alpha value is -2.44. The zero-order valence-electron chi connectivity index (χ0n) is 19.0. The second-order valence-electron chi connectivity index (χ2n) is 9.47. The van der Waals surface area contributed by atoms with Gasteiger partial charge in [0, 0.05) is 42.1 Å². The first-order valence-electron chi connectivity index (χ1n) is 10.5. The van der Waals surface area contributed by atoms with E-state index in [1.165, 1.54) is 0 Å². The Bertz CT molecular complexity index is 1090. The van der Waals surface area contributed by atoms with Crippen LogP contribution in [0.1, 0.15) is 19.5 Å². The second kappa shape index (κ2) is 9.36. The van der Waals surface area contributed by atoms with Crippen molar-refractivity contribution >= 4 is 19.0 Å². The van der Waals surface area contributed by atoms with Crippen molar-refractivity contribution in [2.75, 3.05) is 13.2 Å². The Labute approximate surface area is 184 Å². The van der Waals surface area contributed by atoms with Crippen LogP contribution in [-0.2, 0) is 18.0 Å². The summed E-state index contributed by atoms with van der Waals surface area (Å²) < 4.78 is 9.58. The number of pyridine rings is 1. The van der Waals surface area contributed by atoms with Crippen LogP contribution in [0.15, 0.2) is 30.9 Å². The lowest BCUT2D eigenvalue weighted by molar-refractivity contribution is 0.0786. The molecule has 0 bridgehead atoms. The Morgan fingerprint density at radius 1 is 1.19 bits per heavy atom. The van der Waals surface area contributed by atoms with Gasteiger partial charge in [0.15, 0.2) is 0 Å². The molecule has 31 heavy (non-hydrogen) atoms. The third-order valence-corrected chi connectivity index (χ3v) is 6.47. The minimum atomic E-state index is -1.11. The SMILES string of the molecule is CC(C)(O)C#Cc1cc2c(-c3cnn(COCC[Si-](C)(C)C)c3)cn(CCO)c2cn1. The van der Waals surface area contributed by atoms with Gasteiger partial charge in [-0.05, 0) is 25.8 Å². The lowest BCUT2D eigenvalue weighted by Gasteiger charge is -2.26. The summed E-state index contributed by atoms with van der Waals surface area (Å²) >= 11 is 0. The van der Waals surface area contributed by atoms with E-state index in [4.69, 9.17) is 4.74 Å². The predicted octanol–water partition coefficient (Wildman–Crippen LogP) is 3.33. The van der Waals surface area contributed by atoms with E-state index < -0.39 is 13.7 Å². The van der Waals surface area contributed by atoms with Crippen LogP contribution in [0.3, 0.4) is 0 Å². The quantitative estimate of drug-likeness (QED) is 0.319. The van der Waals surface area contributed by atoms with E-state index in [0.717, 1.165) is 34.7 Å². The Balaban J connectivity index is 1.88. The van der Waals surface area contributed by atoms with Crippen molar-refractivity contribution in [3.8, 4) is 23.0 Å². The third kappa shape index (κ3) is 6.52. The summed E-state index contributed by atoms with van der Waals surface area (Å²) in [5.74, 6) is 5.74. The Kier molecular flexibility index (Phi) is 7.02. The van der Waals surface area contributed by atoms with Crippen LogP contribution in [0, 0.1) is 11.8 Å². The lowest BCUT2D eigenvalue weighted by Crippen LogP contribution is -2.22. The molecule has 167 valence electrons. The van der Waals surface area contributed by atoms with Gasteiger partial charge in [-0.1, -0.05) is 5.92 Å². The molecule has 0 aliphatic heterocycles. The van der Waals surface area contributed by atoms with Gasteiger partial charge in [-0.25, -0.2) is 9.67 Å². The van der Waals surface area contributed by atoms with Gasteiger partial charge < -0.3 is 19.5 Å². The van der Waals surface area contributed by atoms with E-state index in [2.05, 4.69) is 41.6 Å². The molecule has 0 atom stereocenters. The first-order chi connectivity index (χ1) is 14.6. The number of rotatable bonds is 8. The van der Waals surface area contributed by atoms with Gasteiger partial charge >= 0.3 is 0 Å². The molecule has 0 saturated carbocycles. The van der Waals surface area contributed by atoms with E-state index >= 15 is 0 Å². The van der Waals surface area contributed by atoms with E-state index in [1.54, 1.807) is 24.7 Å². The van der Waals surface area contributed by atoms with E-state index in [0.29, 0.717) is 19.0 Å². The van der Waals surface area contributed by atoms with Crippen LogP contribution in [-0.4, -0.2) is 56.4 Å². The molecule has 0 spiro atoms. The molecule has 8 heteroatoms. The highest BCUT2D eigenvalue weighted by Crippen LogP contribution is 2.30. The van der Waals surface area contributed by atoms with Gasteiger partial charge in [-0.2, -0.15) is 24.7 Å². The maximum absolute atomic E-state index is 9.88. The predicted molar refractivity (Wildman–Crippen MR) is 125 cm³/mol. The van der Waals surface area contributed by atoms with Crippen LogP contribution >= 0.6 is 0 Å². The molecule has 0 amide bonds. The van der Waals surface area contributed by atoms with Crippen LogP contribution in [0.2, 0.25) is 25.7 Å². The molecule has 0 unspecified atom stereocenters. The molecule has 0 aliphatic carbocycles. The lowest BCUT2D eigenvalue weighted by atomic mass is 10.1. The minimum absolute atomic E-state index is 0.0354. The molecule has 0 saturated heterocycles. The molecule has 3 rings (SSSR count). The Morgan fingerprint density at radius 3 is 2.65 bits per heavy atom. The first-order valence-corrected chi connectivity index (χ1v) is 14.2. The number of aliphatic hydroxyl groups excluding tert-OH is 1. The highest BCUT2D eigenvalue weighted by atomic mass is 28.3. The molecular weight excluding hydrogens is 408 g/mol. The maximum atomic E-state index is 9.88. The normalized spacial score (nSPS) is 12.2. The van der Waals surface area contributed by atoms with E-state index in [9.17, 15) is 10.2 Å². The summed E-state index contributed by atoms with van der Waals surface area (Å²) in [5, 5.41) is 24.8. The zero-order chi connectivity index (χ0) is 22.6. The Morgan fingerprint density at radius 2 is 1.97 bits per heavy atom. The molecule has 3 aromatic heterocycles. The summed E-state index contributed by atoms with van der Waals surface area (Å²) in [7, 11) is -1.11. The van der Waals surface area contributed by atoms with Crippen molar-refractivity contribution in [3.63, 3.8) is 0 Å². The van der Waals surface area contributed by atoms with Gasteiger partial charge in [-0.15, -0.1) is 14.1 Å². The topological polar surface area (TPSA) is 85.3 Å². The average Bonchev–Trinajstić information content (AvgIpc) is 3.27. The fourth-order valence-electron chi connectivity index (χ4n) is 3.11. The smallest absolute Gasteiger partial charge is 0.139 e. The number of fused-ring (bicyclic) bond motifs is 1. The van der Waals surface area contributed by atoms with Gasteiger partial charge in [0.1, 0.15) is 18.0 Å². The monoisotopic (exact) mass is 440 g/mol. The summed E-state index contributed by atoms with van der Waals surface area (Å²) in [5.41, 5.74) is 2.36. The largest absolute Gasteiger partial charge is 0.395 e. The maximum Gasteiger partial charge on any atom is 0.139 e. The fourth-order valence-corrected chi connectivity index (χ4v) is 3.86. The standard InChI is InChI=1S/C23H32N4O3Si/c1-23(2,29)7-6-19-12-20-21(16-26(8-9-28)22(20)14-24-19)18-13-25-27(15-18)17-30-10-11-31(3,4)5/h12-16,28-29H,8-11,17H2,1-5H3/q-1. The third-order valence-electron chi connectivity index (χ3n) is 4.77. The van der Waals surface area contributed by atoms with Crippen molar-refractivity contribution in [2.24, 2.45) is 0 Å². The summed E-state index contributed by atoms with van der Waals surface area (Å²) in [6.07, 6.45) is 7.55. The molecular formula is C23H32N4O3Si-. The molecule has 2 N–H and O–H groups in total. The fraction of sp³-hybridized carbons (Fsp3) is 0.478. The molecule has 3 heterocycles. The first kappa shape index (κ1) is 23.2. The summed E-state index contributed by atoms with van der Waals surface area (Å²) in [6, 6.07) is 3.04. The van der Waals surface area contributed by atoms with Crippen molar-refractivity contribution in [2.45, 2.75) is 58.4 Å². The van der Waals surface area contributed by atoms with Crippen LogP contribution in [0.4, 0.5) is 0 Å². The number of hydrogen-bond acceptors (Lipinski definition) is 5. The van der Waals surface area contributed by atoms with Crippen LogP contribution in [0.25, 0.3) is 22.0 Å². The summed E-state index contributed by atoms with van der Waals surface area (Å²) in [4.78, 5) is 4.41. The van der Waals surface area contributed by atoms with Crippen molar-refractivity contribution in [1.29, 1.82) is 0 Å². The number of aliphatic hydroxyl groups is 2. The molecule has 7 nitrogen and oxygen atoms in total. The molecule has 3 aromatic rings. The molecule has 0 aromatic carbocycles. The number of hydrogen-bond donors (Lipinski definition) is 2. The highest BCUT2D eigenvalue weighted by Gasteiger charge is 2.14. The van der Waals surface area contributed by atoms with Crippen molar-refractivity contribution < 1.29 is 14.9 Å². The van der Waals surface area contributed by atoms with Crippen LogP contribution < -0.4 is 0 Å². The highest BCUT2D eigenvalue weighted by molar-refractivity contribution is 6.76. The van der Waals surface area contributed by atoms with Gasteiger partial charge in [-0.3, -0.25) is 0 Å².